The Kier molecular flexibility index (Phi) is 5.24. The minimum Gasteiger partial charge on any atom is -0.339 e. The predicted molar refractivity (Wildman–Crippen MR) is 102 cm³/mol. The largest absolute Gasteiger partial charge is 0.339 e. The highest BCUT2D eigenvalue weighted by molar-refractivity contribution is 7.89. The first-order valence-electron chi connectivity index (χ1n) is 8.57. The molecule has 7 nitrogen and oxygen atoms in total. The summed E-state index contributed by atoms with van der Waals surface area (Å²) in [6, 6.07) is 13.3. The number of hydrogen-bond acceptors (Lipinski definition) is 5. The second-order valence-electron chi connectivity index (χ2n) is 6.02. The molecule has 0 aliphatic heterocycles. The van der Waals surface area contributed by atoms with Gasteiger partial charge in [0.25, 0.3) is 0 Å². The number of benzene rings is 1. The van der Waals surface area contributed by atoms with Gasteiger partial charge in [-0.15, -0.1) is 10.2 Å². The smallest absolute Gasteiger partial charge is 0.244 e. The summed E-state index contributed by atoms with van der Waals surface area (Å²) in [6.07, 6.45) is 1.60. The van der Waals surface area contributed by atoms with E-state index in [1.807, 2.05) is 56.1 Å². The predicted octanol–water partition coefficient (Wildman–Crippen LogP) is 2.40. The fourth-order valence-electron chi connectivity index (χ4n) is 2.91. The van der Waals surface area contributed by atoms with E-state index in [4.69, 9.17) is 0 Å². The Morgan fingerprint density at radius 3 is 2.35 bits per heavy atom. The zero-order valence-corrected chi connectivity index (χ0v) is 16.0. The van der Waals surface area contributed by atoms with E-state index in [0.717, 1.165) is 5.56 Å². The van der Waals surface area contributed by atoms with Gasteiger partial charge >= 0.3 is 0 Å². The van der Waals surface area contributed by atoms with Gasteiger partial charge in [0.05, 0.1) is 4.90 Å². The quantitative estimate of drug-likeness (QED) is 0.636. The van der Waals surface area contributed by atoms with E-state index in [-0.39, 0.29) is 4.90 Å². The Labute approximate surface area is 153 Å². The lowest BCUT2D eigenvalue weighted by Gasteiger charge is -2.19. The molecule has 0 aliphatic carbocycles. The molecule has 2 aromatic heterocycles. The lowest BCUT2D eigenvalue weighted by molar-refractivity contribution is 0.445. The minimum absolute atomic E-state index is 0.239. The van der Waals surface area contributed by atoms with E-state index in [0.29, 0.717) is 31.2 Å². The molecule has 1 aromatic carbocycles. The minimum atomic E-state index is -3.53. The molecule has 0 aliphatic rings. The number of pyridine rings is 1. The maximum Gasteiger partial charge on any atom is 0.244 e. The standard InChI is InChI=1S/C18H23N5O2S/c1-4-22(5-2)26(24,25)16-11-12-17-19-20-18(23(17)14-16)21(3)13-15-9-7-6-8-10-15/h6-12,14H,4-5,13H2,1-3H3. The van der Waals surface area contributed by atoms with Crippen molar-refractivity contribution in [3.63, 3.8) is 0 Å². The van der Waals surface area contributed by atoms with Gasteiger partial charge in [-0.05, 0) is 17.7 Å². The summed E-state index contributed by atoms with van der Waals surface area (Å²) in [5.74, 6) is 0.598. The van der Waals surface area contributed by atoms with Crippen LogP contribution in [0, 0.1) is 0 Å². The van der Waals surface area contributed by atoms with Gasteiger partial charge in [0.1, 0.15) is 0 Å². The van der Waals surface area contributed by atoms with Crippen LogP contribution in [0.5, 0.6) is 0 Å². The highest BCUT2D eigenvalue weighted by atomic mass is 32.2. The van der Waals surface area contributed by atoms with Crippen molar-refractivity contribution < 1.29 is 8.42 Å². The summed E-state index contributed by atoms with van der Waals surface area (Å²) < 4.78 is 28.7. The van der Waals surface area contributed by atoms with Crippen LogP contribution in [0.4, 0.5) is 5.95 Å². The van der Waals surface area contributed by atoms with Crippen LogP contribution in [0.3, 0.4) is 0 Å². The maximum atomic E-state index is 12.8. The summed E-state index contributed by atoms with van der Waals surface area (Å²) in [6.45, 7) is 5.17. The number of hydrogen-bond donors (Lipinski definition) is 0. The number of aromatic nitrogens is 3. The van der Waals surface area contributed by atoms with Gasteiger partial charge < -0.3 is 4.90 Å². The van der Waals surface area contributed by atoms with Crippen LogP contribution in [-0.4, -0.2) is 47.5 Å². The van der Waals surface area contributed by atoms with Gasteiger partial charge in [0, 0.05) is 32.9 Å². The molecule has 0 bridgehead atoms. The third-order valence-electron chi connectivity index (χ3n) is 4.30. The number of anilines is 1. The van der Waals surface area contributed by atoms with E-state index < -0.39 is 10.0 Å². The first-order chi connectivity index (χ1) is 12.5. The molecule has 0 unspecified atom stereocenters. The SMILES string of the molecule is CCN(CC)S(=O)(=O)c1ccc2nnc(N(C)Cc3ccccc3)n2c1. The molecule has 8 heteroatoms. The lowest BCUT2D eigenvalue weighted by Crippen LogP contribution is -2.30. The van der Waals surface area contributed by atoms with Crippen molar-refractivity contribution in [1.29, 1.82) is 0 Å². The monoisotopic (exact) mass is 373 g/mol. The third-order valence-corrected chi connectivity index (χ3v) is 6.34. The highest BCUT2D eigenvalue weighted by Gasteiger charge is 2.23. The number of fused-ring (bicyclic) bond motifs is 1. The summed E-state index contributed by atoms with van der Waals surface area (Å²) in [5.41, 5.74) is 1.75. The van der Waals surface area contributed by atoms with Crippen molar-refractivity contribution in [2.24, 2.45) is 0 Å². The van der Waals surface area contributed by atoms with Crippen LogP contribution < -0.4 is 4.90 Å². The van der Waals surface area contributed by atoms with E-state index >= 15 is 0 Å². The van der Waals surface area contributed by atoms with Crippen molar-refractivity contribution in [2.45, 2.75) is 25.3 Å². The number of nitrogens with zero attached hydrogens (tertiary/aromatic N) is 5. The lowest BCUT2D eigenvalue weighted by atomic mass is 10.2. The first kappa shape index (κ1) is 18.3. The van der Waals surface area contributed by atoms with Crippen LogP contribution in [0.1, 0.15) is 19.4 Å². The van der Waals surface area contributed by atoms with Gasteiger partial charge in [-0.3, -0.25) is 4.40 Å². The average Bonchev–Trinajstić information content (AvgIpc) is 3.06. The van der Waals surface area contributed by atoms with Crippen molar-refractivity contribution in [3.8, 4) is 0 Å². The maximum absolute atomic E-state index is 12.8. The van der Waals surface area contributed by atoms with Gasteiger partial charge in [0.2, 0.25) is 16.0 Å². The van der Waals surface area contributed by atoms with E-state index in [1.54, 1.807) is 22.7 Å². The molecule has 0 saturated heterocycles. The molecule has 0 radical (unpaired) electrons. The molecule has 3 rings (SSSR count). The second-order valence-corrected chi connectivity index (χ2v) is 7.96. The Bertz CT molecular complexity index is 981. The Hall–Kier alpha value is -2.45. The van der Waals surface area contributed by atoms with Crippen LogP contribution >= 0.6 is 0 Å². The second kappa shape index (κ2) is 7.43. The third kappa shape index (κ3) is 3.42. The van der Waals surface area contributed by atoms with Crippen LogP contribution in [-0.2, 0) is 16.6 Å². The fraction of sp³-hybridized carbons (Fsp3) is 0.333. The number of sulfonamides is 1. The van der Waals surface area contributed by atoms with Crippen molar-refractivity contribution in [2.75, 3.05) is 25.0 Å². The fourth-order valence-corrected chi connectivity index (χ4v) is 4.37. The van der Waals surface area contributed by atoms with Crippen molar-refractivity contribution in [3.05, 3.63) is 54.2 Å². The van der Waals surface area contributed by atoms with E-state index in [9.17, 15) is 8.42 Å². The molecule has 0 fully saturated rings. The summed E-state index contributed by atoms with van der Waals surface area (Å²) >= 11 is 0. The summed E-state index contributed by atoms with van der Waals surface area (Å²) in [5, 5.41) is 8.38. The Morgan fingerprint density at radius 1 is 1.00 bits per heavy atom. The topological polar surface area (TPSA) is 70.8 Å². The van der Waals surface area contributed by atoms with Gasteiger partial charge in [-0.25, -0.2) is 8.42 Å². The van der Waals surface area contributed by atoms with Crippen LogP contribution in [0.25, 0.3) is 5.65 Å². The molecule has 0 amide bonds. The first-order valence-corrected chi connectivity index (χ1v) is 10.0. The zero-order valence-electron chi connectivity index (χ0n) is 15.2. The molecule has 3 aromatic rings. The molecule has 2 heterocycles. The Balaban J connectivity index is 1.98. The van der Waals surface area contributed by atoms with Gasteiger partial charge in [0.15, 0.2) is 5.65 Å². The van der Waals surface area contributed by atoms with Crippen LogP contribution in [0.2, 0.25) is 0 Å². The summed E-state index contributed by atoms with van der Waals surface area (Å²) in [4.78, 5) is 2.19. The molecule has 0 saturated carbocycles. The summed E-state index contributed by atoms with van der Waals surface area (Å²) in [7, 11) is -1.62. The average molecular weight is 373 g/mol. The van der Waals surface area contributed by atoms with E-state index in [1.165, 1.54) is 4.31 Å². The van der Waals surface area contributed by atoms with E-state index in [2.05, 4.69) is 10.2 Å². The molecule has 0 atom stereocenters. The molecule has 26 heavy (non-hydrogen) atoms. The highest BCUT2D eigenvalue weighted by Crippen LogP contribution is 2.20. The van der Waals surface area contributed by atoms with Gasteiger partial charge in [-0.1, -0.05) is 44.2 Å². The van der Waals surface area contributed by atoms with Gasteiger partial charge in [-0.2, -0.15) is 4.31 Å². The number of rotatable bonds is 7. The zero-order chi connectivity index (χ0) is 18.7. The molecule has 0 spiro atoms. The van der Waals surface area contributed by atoms with Crippen molar-refractivity contribution >= 4 is 21.6 Å². The Morgan fingerprint density at radius 2 is 1.69 bits per heavy atom. The normalized spacial score (nSPS) is 12.0. The van der Waals surface area contributed by atoms with Crippen molar-refractivity contribution in [1.82, 2.24) is 18.9 Å². The molecular formula is C18H23N5O2S. The molecule has 0 N–H and O–H groups in total. The van der Waals surface area contributed by atoms with Crippen LogP contribution in [0.15, 0.2) is 53.6 Å². The molecule has 138 valence electrons. The molecular weight excluding hydrogens is 350 g/mol.